The number of hydrogen-bond donors (Lipinski definition) is 2. The van der Waals surface area contributed by atoms with Gasteiger partial charge in [-0.1, -0.05) is 0 Å². The number of nitrogens with zero attached hydrogens (tertiary/aromatic N) is 2. The van der Waals surface area contributed by atoms with E-state index in [1.807, 2.05) is 0 Å². The number of carbonyl (C=O) groups is 2. The van der Waals surface area contributed by atoms with Crippen LogP contribution in [-0.2, 0) is 0 Å². The highest BCUT2D eigenvalue weighted by atomic mass is 32.1. The average Bonchev–Trinajstić information content (AvgIpc) is 3.05. The number of nitrogens with one attached hydrogen (secondary N) is 2. The van der Waals surface area contributed by atoms with Crippen LogP contribution < -0.4 is 16.2 Å². The van der Waals surface area contributed by atoms with Gasteiger partial charge in [0, 0.05) is 36.1 Å². The Balaban J connectivity index is 1.90. The fraction of sp³-hybridized carbons (Fsp3) is 0.125. The van der Waals surface area contributed by atoms with Crippen molar-refractivity contribution in [1.29, 1.82) is 0 Å². The predicted molar refractivity (Wildman–Crippen MR) is 91.9 cm³/mol. The lowest BCUT2D eigenvalue weighted by Crippen LogP contribution is -2.26. The van der Waals surface area contributed by atoms with Gasteiger partial charge >= 0.3 is 0 Å². The predicted octanol–water partition coefficient (Wildman–Crippen LogP) is 1.68. The second-order valence-electron chi connectivity index (χ2n) is 5.10. The number of rotatable bonds is 3. The Labute approximate surface area is 141 Å². The normalized spacial score (nSPS) is 10.6. The van der Waals surface area contributed by atoms with Gasteiger partial charge in [0.15, 0.2) is 4.96 Å². The second-order valence-corrected chi connectivity index (χ2v) is 5.97. The quantitative estimate of drug-likeness (QED) is 0.757. The van der Waals surface area contributed by atoms with Crippen LogP contribution in [0.25, 0.3) is 4.96 Å². The third-order valence-corrected chi connectivity index (χ3v) is 4.32. The van der Waals surface area contributed by atoms with Crippen molar-refractivity contribution in [2.75, 3.05) is 12.4 Å². The van der Waals surface area contributed by atoms with Crippen molar-refractivity contribution in [2.24, 2.45) is 0 Å². The topological polar surface area (TPSA) is 92.6 Å². The van der Waals surface area contributed by atoms with E-state index >= 15 is 0 Å². The van der Waals surface area contributed by atoms with E-state index in [4.69, 9.17) is 0 Å². The zero-order valence-electron chi connectivity index (χ0n) is 13.0. The summed E-state index contributed by atoms with van der Waals surface area (Å²) < 4.78 is 1.33. The van der Waals surface area contributed by atoms with Crippen LogP contribution >= 0.6 is 11.3 Å². The van der Waals surface area contributed by atoms with Gasteiger partial charge in [0.05, 0.1) is 0 Å². The fourth-order valence-corrected chi connectivity index (χ4v) is 2.93. The lowest BCUT2D eigenvalue weighted by molar-refractivity contribution is 0.0962. The smallest absolute Gasteiger partial charge is 0.271 e. The molecule has 24 heavy (non-hydrogen) atoms. The Morgan fingerprint density at radius 3 is 2.75 bits per heavy atom. The number of aromatic nitrogens is 2. The van der Waals surface area contributed by atoms with E-state index in [1.165, 1.54) is 21.9 Å². The van der Waals surface area contributed by atoms with Crippen LogP contribution in [0.4, 0.5) is 5.69 Å². The van der Waals surface area contributed by atoms with E-state index in [2.05, 4.69) is 15.6 Å². The Bertz CT molecular complexity index is 1010. The molecule has 122 valence electrons. The third kappa shape index (κ3) is 2.79. The minimum Gasteiger partial charge on any atom is -0.355 e. The molecular formula is C16H14N4O3S. The molecule has 2 amide bonds. The Morgan fingerprint density at radius 2 is 2.04 bits per heavy atom. The molecule has 2 heterocycles. The summed E-state index contributed by atoms with van der Waals surface area (Å²) in [4.78, 5) is 40.9. The molecule has 0 unspecified atom stereocenters. The first-order chi connectivity index (χ1) is 11.5. The van der Waals surface area contributed by atoms with Gasteiger partial charge in [-0.3, -0.25) is 18.8 Å². The number of aryl methyl sites for hydroxylation is 1. The number of anilines is 1. The molecule has 0 saturated carbocycles. The molecule has 0 atom stereocenters. The van der Waals surface area contributed by atoms with Crippen LogP contribution in [0.15, 0.2) is 40.8 Å². The largest absolute Gasteiger partial charge is 0.355 e. The lowest BCUT2D eigenvalue weighted by atomic mass is 10.1. The second kappa shape index (κ2) is 6.25. The van der Waals surface area contributed by atoms with Gasteiger partial charge in [0.1, 0.15) is 5.56 Å². The molecule has 3 aromatic rings. The Hall–Kier alpha value is -3.00. The van der Waals surface area contributed by atoms with Crippen molar-refractivity contribution < 1.29 is 9.59 Å². The summed E-state index contributed by atoms with van der Waals surface area (Å²) in [5, 5.41) is 6.96. The zero-order valence-corrected chi connectivity index (χ0v) is 13.8. The van der Waals surface area contributed by atoms with E-state index in [9.17, 15) is 14.4 Å². The van der Waals surface area contributed by atoms with Gasteiger partial charge in [-0.2, -0.15) is 0 Å². The summed E-state index contributed by atoms with van der Waals surface area (Å²) >= 11 is 1.32. The molecule has 2 aromatic heterocycles. The van der Waals surface area contributed by atoms with Crippen molar-refractivity contribution in [3.05, 3.63) is 63.0 Å². The van der Waals surface area contributed by atoms with Gasteiger partial charge in [-0.05, 0) is 30.7 Å². The van der Waals surface area contributed by atoms with Gasteiger partial charge in [0.25, 0.3) is 17.4 Å². The molecule has 0 bridgehead atoms. The minimum absolute atomic E-state index is 0.0410. The van der Waals surface area contributed by atoms with Gasteiger partial charge < -0.3 is 10.6 Å². The van der Waals surface area contributed by atoms with Gasteiger partial charge in [0.2, 0.25) is 0 Å². The van der Waals surface area contributed by atoms with E-state index in [-0.39, 0.29) is 11.5 Å². The Morgan fingerprint density at radius 1 is 1.25 bits per heavy atom. The van der Waals surface area contributed by atoms with E-state index in [0.717, 1.165) is 0 Å². The molecule has 1 aromatic carbocycles. The average molecular weight is 342 g/mol. The number of benzene rings is 1. The van der Waals surface area contributed by atoms with Crippen LogP contribution in [0.1, 0.15) is 26.3 Å². The molecule has 0 spiro atoms. The van der Waals surface area contributed by atoms with Crippen LogP contribution in [0.2, 0.25) is 0 Å². The molecule has 0 aliphatic carbocycles. The van der Waals surface area contributed by atoms with Gasteiger partial charge in [-0.25, -0.2) is 4.98 Å². The minimum atomic E-state index is -0.538. The first kappa shape index (κ1) is 15.9. The lowest BCUT2D eigenvalue weighted by Gasteiger charge is -2.09. The molecule has 0 radical (unpaired) electrons. The highest BCUT2D eigenvalue weighted by Gasteiger charge is 2.15. The maximum absolute atomic E-state index is 12.4. The molecule has 0 aliphatic heterocycles. The summed E-state index contributed by atoms with van der Waals surface area (Å²) in [5.74, 6) is -0.745. The fourth-order valence-electron chi connectivity index (χ4n) is 2.26. The van der Waals surface area contributed by atoms with Crippen LogP contribution in [0.5, 0.6) is 0 Å². The molecular weight excluding hydrogens is 328 g/mol. The van der Waals surface area contributed by atoms with Crippen molar-refractivity contribution in [2.45, 2.75) is 6.92 Å². The third-order valence-electron chi connectivity index (χ3n) is 3.55. The van der Waals surface area contributed by atoms with Gasteiger partial charge in [-0.15, -0.1) is 11.3 Å². The van der Waals surface area contributed by atoms with Crippen LogP contribution in [0, 0.1) is 6.92 Å². The number of carbonyl (C=O) groups excluding carboxylic acids is 2. The Kier molecular flexibility index (Phi) is 4.13. The highest BCUT2D eigenvalue weighted by Crippen LogP contribution is 2.17. The molecule has 8 heteroatoms. The molecule has 2 N–H and O–H groups in total. The standard InChI is InChI=1S/C16H14N4O3S/c1-9-7-10(13(21)17-2)3-4-12(9)19-14(22)11-8-18-16-20(15(11)23)5-6-24-16/h3-8H,1-2H3,(H,17,21)(H,19,22). The van der Waals surface area contributed by atoms with E-state index < -0.39 is 11.5 Å². The van der Waals surface area contributed by atoms with E-state index in [0.29, 0.717) is 21.8 Å². The number of amides is 2. The first-order valence-corrected chi connectivity index (χ1v) is 7.98. The SMILES string of the molecule is CNC(=O)c1ccc(NC(=O)c2cnc3sccn3c2=O)c(C)c1. The zero-order chi connectivity index (χ0) is 17.3. The number of hydrogen-bond acceptors (Lipinski definition) is 5. The monoisotopic (exact) mass is 342 g/mol. The maximum atomic E-state index is 12.4. The molecule has 3 rings (SSSR count). The van der Waals surface area contributed by atoms with Crippen molar-refractivity contribution >= 4 is 33.8 Å². The van der Waals surface area contributed by atoms with E-state index in [1.54, 1.807) is 43.7 Å². The molecule has 0 saturated heterocycles. The van der Waals surface area contributed by atoms with Crippen molar-refractivity contribution in [1.82, 2.24) is 14.7 Å². The summed E-state index contributed by atoms with van der Waals surface area (Å²) in [5.41, 5.74) is 1.28. The first-order valence-electron chi connectivity index (χ1n) is 7.10. The van der Waals surface area contributed by atoms with Crippen molar-refractivity contribution in [3.8, 4) is 0 Å². The van der Waals surface area contributed by atoms with Crippen LogP contribution in [-0.4, -0.2) is 28.2 Å². The molecule has 7 nitrogen and oxygen atoms in total. The summed E-state index contributed by atoms with van der Waals surface area (Å²) in [6, 6.07) is 4.90. The molecule has 0 aliphatic rings. The number of thiazole rings is 1. The summed E-state index contributed by atoms with van der Waals surface area (Å²) in [6.45, 7) is 1.77. The molecule has 0 fully saturated rings. The maximum Gasteiger partial charge on any atom is 0.271 e. The van der Waals surface area contributed by atoms with Crippen molar-refractivity contribution in [3.63, 3.8) is 0 Å². The summed E-state index contributed by atoms with van der Waals surface area (Å²) in [7, 11) is 1.55. The highest BCUT2D eigenvalue weighted by molar-refractivity contribution is 7.15. The number of fused-ring (bicyclic) bond motifs is 1. The summed E-state index contributed by atoms with van der Waals surface area (Å²) in [6.07, 6.45) is 2.85. The van der Waals surface area contributed by atoms with Crippen LogP contribution in [0.3, 0.4) is 0 Å².